The zero-order chi connectivity index (χ0) is 17.8. The van der Waals surface area contributed by atoms with Crippen molar-refractivity contribution in [3.8, 4) is 0 Å². The molecular weight excluding hydrogens is 324 g/mol. The highest BCUT2D eigenvalue weighted by molar-refractivity contribution is 5.87. The van der Waals surface area contributed by atoms with Gasteiger partial charge < -0.3 is 20.1 Å². The number of aryl methyl sites for hydroxylation is 1. The molecule has 0 aliphatic carbocycles. The quantitative estimate of drug-likeness (QED) is 0.874. The number of carbonyl (C=O) groups excluding carboxylic acids is 1. The zero-order valence-electron chi connectivity index (χ0n) is 13.9. The van der Waals surface area contributed by atoms with E-state index in [4.69, 9.17) is 9.84 Å². The fourth-order valence-corrected chi connectivity index (χ4v) is 2.70. The SMILES string of the molecule is Cn1cc(C2CN(C(=O)NCc3ccc(C(=O)O)cc3)CCO2)cn1. The standard InChI is InChI=1S/C17H20N4O4/c1-20-10-14(9-19-20)15-11-21(6-7-25-15)17(24)18-8-12-2-4-13(5-3-12)16(22)23/h2-5,9-10,15H,6-8,11H2,1H3,(H,18,24)(H,22,23). The van der Waals surface area contributed by atoms with Crippen LogP contribution >= 0.6 is 0 Å². The van der Waals surface area contributed by atoms with Crippen LogP contribution in [0.15, 0.2) is 36.7 Å². The van der Waals surface area contributed by atoms with Gasteiger partial charge in [0.25, 0.3) is 0 Å². The van der Waals surface area contributed by atoms with E-state index in [-0.39, 0.29) is 17.7 Å². The molecule has 132 valence electrons. The summed E-state index contributed by atoms with van der Waals surface area (Å²) in [5, 5.41) is 15.9. The van der Waals surface area contributed by atoms with Crippen molar-refractivity contribution in [3.05, 3.63) is 53.3 Å². The van der Waals surface area contributed by atoms with Crippen LogP contribution in [0.2, 0.25) is 0 Å². The Balaban J connectivity index is 1.54. The van der Waals surface area contributed by atoms with Crippen LogP contribution in [-0.4, -0.2) is 51.5 Å². The van der Waals surface area contributed by atoms with Crippen molar-refractivity contribution in [3.63, 3.8) is 0 Å². The van der Waals surface area contributed by atoms with Gasteiger partial charge in [-0.2, -0.15) is 5.10 Å². The minimum atomic E-state index is -0.967. The molecule has 1 aromatic carbocycles. The van der Waals surface area contributed by atoms with Gasteiger partial charge in [0.1, 0.15) is 6.10 Å². The number of hydrogen-bond acceptors (Lipinski definition) is 4. The third-order valence-electron chi connectivity index (χ3n) is 4.09. The van der Waals surface area contributed by atoms with Crippen LogP contribution in [0.1, 0.15) is 27.6 Å². The molecule has 1 atom stereocenters. The van der Waals surface area contributed by atoms with Crippen LogP contribution in [0, 0.1) is 0 Å². The van der Waals surface area contributed by atoms with E-state index in [1.807, 2.05) is 13.2 Å². The summed E-state index contributed by atoms with van der Waals surface area (Å²) in [5.74, 6) is -0.967. The summed E-state index contributed by atoms with van der Waals surface area (Å²) < 4.78 is 7.43. The molecule has 2 aromatic rings. The molecule has 0 radical (unpaired) electrons. The van der Waals surface area contributed by atoms with Gasteiger partial charge >= 0.3 is 12.0 Å². The minimum absolute atomic E-state index is 0.167. The summed E-state index contributed by atoms with van der Waals surface area (Å²) in [4.78, 5) is 24.9. The number of carboxylic acids is 1. The first-order valence-corrected chi connectivity index (χ1v) is 7.98. The average molecular weight is 344 g/mol. The fourth-order valence-electron chi connectivity index (χ4n) is 2.70. The van der Waals surface area contributed by atoms with Gasteiger partial charge in [0.2, 0.25) is 0 Å². The van der Waals surface area contributed by atoms with Crippen LogP contribution in [0.25, 0.3) is 0 Å². The first-order chi connectivity index (χ1) is 12.0. The molecule has 2 N–H and O–H groups in total. The summed E-state index contributed by atoms with van der Waals surface area (Å²) in [7, 11) is 1.84. The predicted octanol–water partition coefficient (Wildman–Crippen LogP) is 1.40. The van der Waals surface area contributed by atoms with Crippen molar-refractivity contribution in [2.45, 2.75) is 12.6 Å². The number of nitrogens with one attached hydrogen (secondary N) is 1. The molecule has 0 spiro atoms. The average Bonchev–Trinajstić information content (AvgIpc) is 3.06. The number of hydrogen-bond donors (Lipinski definition) is 2. The molecule has 8 nitrogen and oxygen atoms in total. The molecule has 1 saturated heterocycles. The third kappa shape index (κ3) is 4.16. The Kier molecular flexibility index (Phi) is 4.99. The van der Waals surface area contributed by atoms with Crippen molar-refractivity contribution < 1.29 is 19.4 Å². The molecule has 0 saturated carbocycles. The number of nitrogens with zero attached hydrogens (tertiary/aromatic N) is 3. The van der Waals surface area contributed by atoms with Gasteiger partial charge in [-0.1, -0.05) is 12.1 Å². The highest BCUT2D eigenvalue weighted by Crippen LogP contribution is 2.21. The number of morpholine rings is 1. The van der Waals surface area contributed by atoms with E-state index in [1.165, 1.54) is 12.1 Å². The van der Waals surface area contributed by atoms with Gasteiger partial charge in [0.05, 0.1) is 24.9 Å². The number of aromatic nitrogens is 2. The molecule has 8 heteroatoms. The van der Waals surface area contributed by atoms with Crippen LogP contribution < -0.4 is 5.32 Å². The lowest BCUT2D eigenvalue weighted by atomic mass is 10.1. The first-order valence-electron chi connectivity index (χ1n) is 7.98. The number of carbonyl (C=O) groups is 2. The van der Waals surface area contributed by atoms with Gasteiger partial charge in [-0.15, -0.1) is 0 Å². The monoisotopic (exact) mass is 344 g/mol. The van der Waals surface area contributed by atoms with Crippen molar-refractivity contribution in [1.29, 1.82) is 0 Å². The predicted molar refractivity (Wildman–Crippen MR) is 89.1 cm³/mol. The Bertz CT molecular complexity index is 756. The number of amides is 2. The van der Waals surface area contributed by atoms with Crippen LogP contribution in [0.3, 0.4) is 0 Å². The molecule has 0 bridgehead atoms. The number of carboxylic acid groups (broad SMARTS) is 1. The maximum Gasteiger partial charge on any atom is 0.335 e. The molecule has 25 heavy (non-hydrogen) atoms. The number of aromatic carboxylic acids is 1. The maximum atomic E-state index is 12.4. The summed E-state index contributed by atoms with van der Waals surface area (Å²) in [6.45, 7) is 1.81. The lowest BCUT2D eigenvalue weighted by Crippen LogP contribution is -2.46. The van der Waals surface area contributed by atoms with E-state index in [2.05, 4.69) is 10.4 Å². The Hall–Kier alpha value is -2.87. The highest BCUT2D eigenvalue weighted by Gasteiger charge is 2.26. The smallest absolute Gasteiger partial charge is 0.335 e. The Morgan fingerprint density at radius 1 is 1.36 bits per heavy atom. The molecule has 2 heterocycles. The van der Waals surface area contributed by atoms with Crippen molar-refractivity contribution >= 4 is 12.0 Å². The molecule has 3 rings (SSSR count). The van der Waals surface area contributed by atoms with E-state index in [1.54, 1.807) is 27.9 Å². The Morgan fingerprint density at radius 2 is 2.12 bits per heavy atom. The molecule has 1 aromatic heterocycles. The fraction of sp³-hybridized carbons (Fsp3) is 0.353. The van der Waals surface area contributed by atoms with Gasteiger partial charge in [0.15, 0.2) is 0 Å². The van der Waals surface area contributed by atoms with E-state index < -0.39 is 5.97 Å². The summed E-state index contributed by atoms with van der Waals surface area (Å²) in [6, 6.07) is 6.27. The molecular formula is C17H20N4O4. The van der Waals surface area contributed by atoms with Crippen molar-refractivity contribution in [1.82, 2.24) is 20.0 Å². The summed E-state index contributed by atoms with van der Waals surface area (Å²) >= 11 is 0. The number of rotatable bonds is 4. The van der Waals surface area contributed by atoms with Crippen LogP contribution in [-0.2, 0) is 18.3 Å². The van der Waals surface area contributed by atoms with E-state index in [9.17, 15) is 9.59 Å². The summed E-state index contributed by atoms with van der Waals surface area (Å²) in [5.41, 5.74) is 2.02. The summed E-state index contributed by atoms with van der Waals surface area (Å²) in [6.07, 6.45) is 3.45. The molecule has 1 aliphatic heterocycles. The number of urea groups is 1. The molecule has 2 amide bonds. The maximum absolute atomic E-state index is 12.4. The molecule has 1 aliphatic rings. The number of benzene rings is 1. The Morgan fingerprint density at radius 3 is 2.76 bits per heavy atom. The van der Waals surface area contributed by atoms with Crippen molar-refractivity contribution in [2.24, 2.45) is 7.05 Å². The second-order valence-corrected chi connectivity index (χ2v) is 5.91. The van der Waals surface area contributed by atoms with Gasteiger partial charge in [-0.05, 0) is 17.7 Å². The van der Waals surface area contributed by atoms with Crippen LogP contribution in [0.4, 0.5) is 4.79 Å². The topological polar surface area (TPSA) is 96.7 Å². The van der Waals surface area contributed by atoms with E-state index in [0.29, 0.717) is 26.2 Å². The number of ether oxygens (including phenoxy) is 1. The second-order valence-electron chi connectivity index (χ2n) is 5.91. The molecule has 1 unspecified atom stereocenters. The minimum Gasteiger partial charge on any atom is -0.478 e. The largest absolute Gasteiger partial charge is 0.478 e. The van der Waals surface area contributed by atoms with E-state index >= 15 is 0 Å². The lowest BCUT2D eigenvalue weighted by Gasteiger charge is -2.32. The van der Waals surface area contributed by atoms with Gasteiger partial charge in [0, 0.05) is 31.9 Å². The third-order valence-corrected chi connectivity index (χ3v) is 4.09. The molecule has 1 fully saturated rings. The first kappa shape index (κ1) is 17.0. The van der Waals surface area contributed by atoms with Crippen LogP contribution in [0.5, 0.6) is 0 Å². The lowest BCUT2D eigenvalue weighted by molar-refractivity contribution is -0.0155. The van der Waals surface area contributed by atoms with Gasteiger partial charge in [-0.3, -0.25) is 4.68 Å². The van der Waals surface area contributed by atoms with Crippen molar-refractivity contribution in [2.75, 3.05) is 19.7 Å². The second kappa shape index (κ2) is 7.35. The highest BCUT2D eigenvalue weighted by atomic mass is 16.5. The normalized spacial score (nSPS) is 17.3. The van der Waals surface area contributed by atoms with E-state index in [0.717, 1.165) is 11.1 Å². The zero-order valence-corrected chi connectivity index (χ0v) is 13.9. The van der Waals surface area contributed by atoms with Gasteiger partial charge in [-0.25, -0.2) is 9.59 Å². The Labute approximate surface area is 145 Å².